The predicted molar refractivity (Wildman–Crippen MR) is 142 cm³/mol. The van der Waals surface area contributed by atoms with E-state index in [2.05, 4.69) is 5.10 Å². The molecule has 0 saturated heterocycles. The van der Waals surface area contributed by atoms with Crippen LogP contribution in [0, 0.1) is 0 Å². The molecular formula is C28H35N5O3. The van der Waals surface area contributed by atoms with Gasteiger partial charge in [0, 0.05) is 37.1 Å². The van der Waals surface area contributed by atoms with Gasteiger partial charge in [-0.3, -0.25) is 9.48 Å². The summed E-state index contributed by atoms with van der Waals surface area (Å²) in [5.41, 5.74) is 4.23. The first kappa shape index (κ1) is 25.4. The van der Waals surface area contributed by atoms with Crippen LogP contribution in [0.25, 0.3) is 27.7 Å². The van der Waals surface area contributed by atoms with E-state index in [0.29, 0.717) is 25.2 Å². The first-order valence-electron chi connectivity index (χ1n) is 12.4. The van der Waals surface area contributed by atoms with Crippen molar-refractivity contribution in [3.63, 3.8) is 0 Å². The number of aryl methyl sites for hydroxylation is 1. The third-order valence-corrected chi connectivity index (χ3v) is 6.28. The van der Waals surface area contributed by atoms with Crippen LogP contribution in [0.2, 0.25) is 0 Å². The minimum absolute atomic E-state index is 0.00492. The largest absolute Gasteiger partial charge is 0.444 e. The van der Waals surface area contributed by atoms with E-state index in [4.69, 9.17) is 9.72 Å². The Balaban J connectivity index is 1.77. The minimum atomic E-state index is -0.558. The number of nitrogens with zero attached hydrogens (tertiary/aromatic N) is 5. The van der Waals surface area contributed by atoms with E-state index in [1.165, 1.54) is 0 Å². The van der Waals surface area contributed by atoms with Gasteiger partial charge in [-0.05, 0) is 70.4 Å². The quantitative estimate of drug-likeness (QED) is 0.496. The van der Waals surface area contributed by atoms with Crippen molar-refractivity contribution < 1.29 is 14.3 Å². The fourth-order valence-electron chi connectivity index (χ4n) is 4.51. The smallest absolute Gasteiger partial charge is 0.410 e. The van der Waals surface area contributed by atoms with E-state index in [9.17, 15) is 9.59 Å². The molecular weight excluding hydrogens is 454 g/mol. The van der Waals surface area contributed by atoms with Gasteiger partial charge in [0.15, 0.2) is 5.65 Å². The highest BCUT2D eigenvalue weighted by molar-refractivity contribution is 6.05. The zero-order chi connectivity index (χ0) is 26.2. The third kappa shape index (κ3) is 4.98. The highest BCUT2D eigenvalue weighted by Gasteiger charge is 2.28. The van der Waals surface area contributed by atoms with Crippen LogP contribution in [-0.4, -0.2) is 67.8 Å². The molecule has 4 rings (SSSR count). The molecule has 0 unspecified atom stereocenters. The molecule has 8 heteroatoms. The van der Waals surface area contributed by atoms with Crippen molar-refractivity contribution in [1.82, 2.24) is 24.6 Å². The summed E-state index contributed by atoms with van der Waals surface area (Å²) in [5.74, 6) is -0.00492. The number of hydrogen-bond acceptors (Lipinski definition) is 5. The van der Waals surface area contributed by atoms with Crippen molar-refractivity contribution in [1.29, 1.82) is 0 Å². The van der Waals surface area contributed by atoms with Crippen LogP contribution in [-0.2, 0) is 11.8 Å². The molecule has 1 aliphatic heterocycles. The second kappa shape index (κ2) is 9.76. The Hall–Kier alpha value is -3.68. The van der Waals surface area contributed by atoms with Gasteiger partial charge in [-0.2, -0.15) is 5.10 Å². The molecule has 3 aromatic rings. The number of amides is 2. The molecule has 3 heterocycles. The summed E-state index contributed by atoms with van der Waals surface area (Å²) in [6.45, 7) is 13.1. The summed E-state index contributed by atoms with van der Waals surface area (Å²) in [4.78, 5) is 34.6. The molecule has 1 aromatic carbocycles. The van der Waals surface area contributed by atoms with Crippen molar-refractivity contribution in [3.8, 4) is 11.1 Å². The molecule has 0 saturated carbocycles. The Bertz CT molecular complexity index is 1330. The van der Waals surface area contributed by atoms with Gasteiger partial charge < -0.3 is 14.5 Å². The van der Waals surface area contributed by atoms with Crippen molar-refractivity contribution >= 4 is 28.6 Å². The maximum Gasteiger partial charge on any atom is 0.410 e. The van der Waals surface area contributed by atoms with Gasteiger partial charge in [0.2, 0.25) is 0 Å². The maximum absolute atomic E-state index is 13.5. The molecule has 8 nitrogen and oxygen atoms in total. The molecule has 0 bridgehead atoms. The van der Waals surface area contributed by atoms with Gasteiger partial charge in [-0.1, -0.05) is 24.3 Å². The molecule has 36 heavy (non-hydrogen) atoms. The van der Waals surface area contributed by atoms with E-state index in [1.54, 1.807) is 15.8 Å². The number of hydrogen-bond donors (Lipinski definition) is 0. The number of rotatable bonds is 5. The summed E-state index contributed by atoms with van der Waals surface area (Å²) in [5, 5.41) is 5.31. The van der Waals surface area contributed by atoms with Crippen molar-refractivity contribution in [2.24, 2.45) is 7.05 Å². The zero-order valence-electron chi connectivity index (χ0n) is 22.2. The molecule has 190 valence electrons. The molecule has 0 N–H and O–H groups in total. The fourth-order valence-corrected chi connectivity index (χ4v) is 4.51. The number of pyridine rings is 1. The van der Waals surface area contributed by atoms with Crippen LogP contribution in [0.15, 0.2) is 42.6 Å². The lowest BCUT2D eigenvalue weighted by Gasteiger charge is -2.26. The molecule has 1 aliphatic rings. The van der Waals surface area contributed by atoms with Gasteiger partial charge in [0.1, 0.15) is 5.60 Å². The Labute approximate surface area is 212 Å². The Kier molecular flexibility index (Phi) is 6.89. The fraction of sp³-hybridized carbons (Fsp3) is 0.429. The number of fused-ring (bicyclic) bond motifs is 1. The van der Waals surface area contributed by atoms with Gasteiger partial charge in [0.05, 0.1) is 18.4 Å². The zero-order valence-corrected chi connectivity index (χ0v) is 22.2. The SMILES string of the molecule is CCN(C(=O)c1ccccc1-c1cc(C2=CCN(C(=O)OC(C)(C)C)C2)nc2c1cnn2C)C(C)C. The van der Waals surface area contributed by atoms with E-state index >= 15 is 0 Å². The standard InChI is InChI=1S/C28H35N5O3/c1-8-33(18(2)3)26(34)21-12-10-9-11-20(21)22-15-24(30-25-23(22)16-29-31(25)7)19-13-14-32(17-19)27(35)36-28(4,5)6/h9-13,15-16,18H,8,14,17H2,1-7H3. The normalized spacial score (nSPS) is 13.9. The number of benzene rings is 1. The Morgan fingerprint density at radius 1 is 1.17 bits per heavy atom. The van der Waals surface area contributed by atoms with Crippen molar-refractivity contribution in [2.75, 3.05) is 19.6 Å². The summed E-state index contributed by atoms with van der Waals surface area (Å²) in [6, 6.07) is 9.79. The predicted octanol–water partition coefficient (Wildman–Crippen LogP) is 5.14. The second-order valence-electron chi connectivity index (χ2n) is 10.4. The summed E-state index contributed by atoms with van der Waals surface area (Å²) in [7, 11) is 1.85. The lowest BCUT2D eigenvalue weighted by Crippen LogP contribution is -2.36. The first-order valence-corrected chi connectivity index (χ1v) is 12.4. The van der Waals surface area contributed by atoms with Gasteiger partial charge >= 0.3 is 6.09 Å². The van der Waals surface area contributed by atoms with E-state index in [-0.39, 0.29) is 18.0 Å². The van der Waals surface area contributed by atoms with Crippen LogP contribution in [0.5, 0.6) is 0 Å². The van der Waals surface area contributed by atoms with Crippen molar-refractivity contribution in [2.45, 2.75) is 53.2 Å². The van der Waals surface area contributed by atoms with Gasteiger partial charge in [-0.15, -0.1) is 0 Å². The lowest BCUT2D eigenvalue weighted by atomic mass is 9.95. The highest BCUT2D eigenvalue weighted by Crippen LogP contribution is 2.34. The van der Waals surface area contributed by atoms with Gasteiger partial charge in [-0.25, -0.2) is 9.78 Å². The van der Waals surface area contributed by atoms with Gasteiger partial charge in [0.25, 0.3) is 5.91 Å². The van der Waals surface area contributed by atoms with E-state index in [1.807, 2.05) is 89.9 Å². The van der Waals surface area contributed by atoms with E-state index < -0.39 is 5.60 Å². The Morgan fingerprint density at radius 2 is 1.89 bits per heavy atom. The number of aromatic nitrogens is 3. The van der Waals surface area contributed by atoms with Crippen LogP contribution < -0.4 is 0 Å². The molecule has 2 aromatic heterocycles. The molecule has 0 fully saturated rings. The minimum Gasteiger partial charge on any atom is -0.444 e. The summed E-state index contributed by atoms with van der Waals surface area (Å²) < 4.78 is 7.28. The molecule has 0 atom stereocenters. The van der Waals surface area contributed by atoms with Crippen molar-refractivity contribution in [3.05, 3.63) is 53.9 Å². The van der Waals surface area contributed by atoms with Crippen LogP contribution in [0.3, 0.4) is 0 Å². The maximum atomic E-state index is 13.5. The summed E-state index contributed by atoms with van der Waals surface area (Å²) >= 11 is 0. The first-order chi connectivity index (χ1) is 17.0. The van der Waals surface area contributed by atoms with Crippen LogP contribution in [0.1, 0.15) is 57.6 Å². The molecule has 0 spiro atoms. The number of ether oxygens (including phenoxy) is 1. The lowest BCUT2D eigenvalue weighted by molar-refractivity contribution is 0.0306. The Morgan fingerprint density at radius 3 is 2.56 bits per heavy atom. The second-order valence-corrected chi connectivity index (χ2v) is 10.4. The number of carbonyl (C=O) groups is 2. The van der Waals surface area contributed by atoms with E-state index in [0.717, 1.165) is 33.4 Å². The monoisotopic (exact) mass is 489 g/mol. The van der Waals surface area contributed by atoms with Crippen LogP contribution >= 0.6 is 0 Å². The molecule has 0 radical (unpaired) electrons. The topological polar surface area (TPSA) is 80.6 Å². The highest BCUT2D eigenvalue weighted by atomic mass is 16.6. The average Bonchev–Trinajstić information content (AvgIpc) is 3.45. The third-order valence-electron chi connectivity index (χ3n) is 6.28. The average molecular weight is 490 g/mol. The van der Waals surface area contributed by atoms with Crippen LogP contribution in [0.4, 0.5) is 4.79 Å². The summed E-state index contributed by atoms with van der Waals surface area (Å²) in [6.07, 6.45) is 3.45. The molecule has 0 aliphatic carbocycles. The number of carbonyl (C=O) groups excluding carboxylic acids is 2. The molecule has 2 amide bonds.